The van der Waals surface area contributed by atoms with Crippen molar-refractivity contribution in [3.8, 4) is 0 Å². The standard InChI is InChI=1S/C13H18N4O2S/c1-3-11-8-14-13(20-9-12(18)19)17(11)7-5-10-4-6-16(2)15-10/h4,6,8H,3,5,7,9H2,1-2H3,(H,18,19). The Hall–Kier alpha value is -1.76. The van der Waals surface area contributed by atoms with Crippen molar-refractivity contribution < 1.29 is 9.90 Å². The minimum absolute atomic E-state index is 0.0315. The lowest BCUT2D eigenvalue weighted by Gasteiger charge is -2.09. The summed E-state index contributed by atoms with van der Waals surface area (Å²) in [6.07, 6.45) is 5.43. The van der Waals surface area contributed by atoms with Crippen molar-refractivity contribution in [2.75, 3.05) is 5.75 Å². The highest BCUT2D eigenvalue weighted by atomic mass is 32.2. The molecule has 2 rings (SSSR count). The van der Waals surface area contributed by atoms with Crippen molar-refractivity contribution in [2.45, 2.75) is 31.5 Å². The zero-order chi connectivity index (χ0) is 14.5. The fourth-order valence-electron chi connectivity index (χ4n) is 1.98. The molecule has 0 radical (unpaired) electrons. The summed E-state index contributed by atoms with van der Waals surface area (Å²) in [4.78, 5) is 15.0. The van der Waals surface area contributed by atoms with Crippen molar-refractivity contribution in [1.29, 1.82) is 0 Å². The molecule has 0 amide bonds. The van der Waals surface area contributed by atoms with Gasteiger partial charge in [-0.25, -0.2) is 4.98 Å². The van der Waals surface area contributed by atoms with E-state index in [1.165, 1.54) is 11.8 Å². The summed E-state index contributed by atoms with van der Waals surface area (Å²) >= 11 is 1.26. The van der Waals surface area contributed by atoms with E-state index in [0.717, 1.165) is 35.9 Å². The number of imidazole rings is 1. The molecule has 108 valence electrons. The van der Waals surface area contributed by atoms with Gasteiger partial charge in [-0.3, -0.25) is 9.48 Å². The Morgan fingerprint density at radius 3 is 2.90 bits per heavy atom. The summed E-state index contributed by atoms with van der Waals surface area (Å²) in [6.45, 7) is 2.84. The fourth-order valence-corrected chi connectivity index (χ4v) is 2.72. The minimum Gasteiger partial charge on any atom is -0.481 e. The predicted molar refractivity (Wildman–Crippen MR) is 76.9 cm³/mol. The van der Waals surface area contributed by atoms with Gasteiger partial charge < -0.3 is 9.67 Å². The second-order valence-corrected chi connectivity index (χ2v) is 5.39. The first-order valence-corrected chi connectivity index (χ1v) is 7.46. The molecule has 1 N–H and O–H groups in total. The Morgan fingerprint density at radius 2 is 2.30 bits per heavy atom. The smallest absolute Gasteiger partial charge is 0.313 e. The van der Waals surface area contributed by atoms with Crippen molar-refractivity contribution in [1.82, 2.24) is 19.3 Å². The van der Waals surface area contributed by atoms with Crippen LogP contribution in [-0.4, -0.2) is 36.2 Å². The maximum absolute atomic E-state index is 10.7. The van der Waals surface area contributed by atoms with Gasteiger partial charge in [0.1, 0.15) is 0 Å². The number of carboxylic acid groups (broad SMARTS) is 1. The van der Waals surface area contributed by atoms with Gasteiger partial charge in [-0.05, 0) is 12.5 Å². The number of nitrogens with zero attached hydrogens (tertiary/aromatic N) is 4. The summed E-state index contributed by atoms with van der Waals surface area (Å²) in [6, 6.07) is 1.99. The number of rotatable bonds is 7. The molecule has 0 saturated carbocycles. The lowest BCUT2D eigenvalue weighted by Crippen LogP contribution is -2.08. The van der Waals surface area contributed by atoms with Gasteiger partial charge in [-0.1, -0.05) is 18.7 Å². The molecule has 20 heavy (non-hydrogen) atoms. The zero-order valence-electron chi connectivity index (χ0n) is 11.6. The van der Waals surface area contributed by atoms with Gasteiger partial charge in [-0.2, -0.15) is 5.10 Å². The molecule has 2 aromatic heterocycles. The first kappa shape index (κ1) is 14.6. The van der Waals surface area contributed by atoms with Gasteiger partial charge in [0.2, 0.25) is 0 Å². The number of aryl methyl sites for hydroxylation is 3. The molecule has 0 bridgehead atoms. The summed E-state index contributed by atoms with van der Waals surface area (Å²) < 4.78 is 3.87. The van der Waals surface area contributed by atoms with E-state index in [1.807, 2.05) is 25.5 Å². The summed E-state index contributed by atoms with van der Waals surface area (Å²) in [5, 5.41) is 13.9. The highest BCUT2D eigenvalue weighted by Gasteiger charge is 2.11. The number of carbonyl (C=O) groups is 1. The lowest BCUT2D eigenvalue weighted by atomic mass is 10.3. The van der Waals surface area contributed by atoms with Gasteiger partial charge in [0, 0.05) is 38.1 Å². The molecule has 0 atom stereocenters. The highest BCUT2D eigenvalue weighted by molar-refractivity contribution is 7.99. The molecule has 0 aliphatic carbocycles. The first-order valence-electron chi connectivity index (χ1n) is 6.47. The van der Waals surface area contributed by atoms with Crippen LogP contribution < -0.4 is 0 Å². The van der Waals surface area contributed by atoms with Crippen molar-refractivity contribution in [3.63, 3.8) is 0 Å². The van der Waals surface area contributed by atoms with Gasteiger partial charge >= 0.3 is 5.97 Å². The van der Waals surface area contributed by atoms with Crippen molar-refractivity contribution in [2.24, 2.45) is 7.05 Å². The molecule has 0 aromatic carbocycles. The van der Waals surface area contributed by atoms with E-state index in [4.69, 9.17) is 5.11 Å². The third-order valence-corrected chi connectivity index (χ3v) is 3.92. The van der Waals surface area contributed by atoms with Crippen molar-refractivity contribution >= 4 is 17.7 Å². The monoisotopic (exact) mass is 294 g/mol. The average molecular weight is 294 g/mol. The summed E-state index contributed by atoms with van der Waals surface area (Å²) in [5.74, 6) is -0.795. The number of hydrogen-bond donors (Lipinski definition) is 1. The van der Waals surface area contributed by atoms with E-state index >= 15 is 0 Å². The third kappa shape index (κ3) is 3.63. The van der Waals surface area contributed by atoms with E-state index in [-0.39, 0.29) is 5.75 Å². The quantitative estimate of drug-likeness (QED) is 0.785. The molecule has 0 aliphatic rings. The summed E-state index contributed by atoms with van der Waals surface area (Å²) in [7, 11) is 1.90. The van der Waals surface area contributed by atoms with E-state index in [1.54, 1.807) is 4.68 Å². The molecule has 0 fully saturated rings. The Labute approximate surface area is 121 Å². The molecule has 2 heterocycles. The molecule has 2 aromatic rings. The summed E-state index contributed by atoms with van der Waals surface area (Å²) in [5.41, 5.74) is 2.14. The minimum atomic E-state index is -0.827. The van der Waals surface area contributed by atoms with Crippen LogP contribution >= 0.6 is 11.8 Å². The molecular weight excluding hydrogens is 276 g/mol. The van der Waals surface area contributed by atoms with Gasteiger partial charge in [0.05, 0.1) is 11.4 Å². The van der Waals surface area contributed by atoms with Crippen LogP contribution in [-0.2, 0) is 31.2 Å². The Kier molecular flexibility index (Phi) is 4.84. The number of thioether (sulfide) groups is 1. The second-order valence-electron chi connectivity index (χ2n) is 4.45. The highest BCUT2D eigenvalue weighted by Crippen LogP contribution is 2.19. The predicted octanol–water partition coefficient (Wildman–Crippen LogP) is 1.60. The van der Waals surface area contributed by atoms with E-state index in [9.17, 15) is 4.79 Å². The lowest BCUT2D eigenvalue weighted by molar-refractivity contribution is -0.133. The largest absolute Gasteiger partial charge is 0.481 e. The number of hydrogen-bond acceptors (Lipinski definition) is 4. The van der Waals surface area contributed by atoms with Crippen LogP contribution in [0.1, 0.15) is 18.3 Å². The first-order chi connectivity index (χ1) is 9.60. The van der Waals surface area contributed by atoms with Gasteiger partial charge in [-0.15, -0.1) is 0 Å². The Balaban J connectivity index is 2.07. The zero-order valence-corrected chi connectivity index (χ0v) is 12.4. The van der Waals surface area contributed by atoms with Crippen LogP contribution in [0.4, 0.5) is 0 Å². The van der Waals surface area contributed by atoms with E-state index in [0.29, 0.717) is 0 Å². The van der Waals surface area contributed by atoms with Gasteiger partial charge in [0.15, 0.2) is 5.16 Å². The van der Waals surface area contributed by atoms with Crippen LogP contribution in [0.25, 0.3) is 0 Å². The van der Waals surface area contributed by atoms with Crippen LogP contribution in [0.2, 0.25) is 0 Å². The molecule has 7 heteroatoms. The maximum Gasteiger partial charge on any atom is 0.313 e. The molecule has 0 saturated heterocycles. The van der Waals surface area contributed by atoms with Crippen molar-refractivity contribution in [3.05, 3.63) is 29.8 Å². The Bertz CT molecular complexity index is 591. The third-order valence-electron chi connectivity index (χ3n) is 2.95. The van der Waals surface area contributed by atoms with Crippen LogP contribution in [0.5, 0.6) is 0 Å². The molecule has 0 aliphatic heterocycles. The second kappa shape index (κ2) is 6.60. The van der Waals surface area contributed by atoms with Crippen LogP contribution in [0.3, 0.4) is 0 Å². The fraction of sp³-hybridized carbons (Fsp3) is 0.462. The Morgan fingerprint density at radius 1 is 1.50 bits per heavy atom. The SMILES string of the molecule is CCc1cnc(SCC(=O)O)n1CCc1ccn(C)n1. The maximum atomic E-state index is 10.7. The average Bonchev–Trinajstić information content (AvgIpc) is 2.99. The van der Waals surface area contributed by atoms with E-state index in [2.05, 4.69) is 21.6 Å². The molecule has 6 nitrogen and oxygen atoms in total. The van der Waals surface area contributed by atoms with Crippen LogP contribution in [0, 0.1) is 0 Å². The number of aromatic nitrogens is 4. The van der Waals surface area contributed by atoms with E-state index < -0.39 is 5.97 Å². The number of carboxylic acids is 1. The normalized spacial score (nSPS) is 10.9. The number of aliphatic carboxylic acids is 1. The molecule has 0 spiro atoms. The molecular formula is C13H18N4O2S. The molecule has 0 unspecified atom stereocenters. The van der Waals surface area contributed by atoms with Gasteiger partial charge in [0.25, 0.3) is 0 Å². The topological polar surface area (TPSA) is 72.9 Å². The van der Waals surface area contributed by atoms with Crippen LogP contribution in [0.15, 0.2) is 23.6 Å².